The zero-order chi connectivity index (χ0) is 30.2. The van der Waals surface area contributed by atoms with Gasteiger partial charge in [0, 0.05) is 30.9 Å². The molecule has 0 saturated heterocycles. The van der Waals surface area contributed by atoms with Crippen molar-refractivity contribution in [3.8, 4) is 0 Å². The minimum Gasteiger partial charge on any atom is -0.735 e. The number of carbonyl (C=O) groups excluding carboxylic acids is 1. The van der Waals surface area contributed by atoms with Crippen LogP contribution in [0, 0.1) is 5.92 Å². The number of carbonyl (C=O) groups is 1. The molecule has 41 heavy (non-hydrogen) atoms. The molecule has 0 amide bonds. The molecule has 4 rings (SSSR count). The summed E-state index contributed by atoms with van der Waals surface area (Å²) in [5, 5.41) is 17.2. The van der Waals surface area contributed by atoms with Gasteiger partial charge in [0.2, 0.25) is 5.78 Å². The number of aliphatic hydroxyl groups is 1. The van der Waals surface area contributed by atoms with Crippen LogP contribution in [0.25, 0.3) is 0 Å². The number of aliphatic hydroxyl groups excluding tert-OH is 1. The third kappa shape index (κ3) is 7.57. The zero-order valence-electron chi connectivity index (χ0n) is 20.6. The molecule has 1 saturated carbocycles. The summed E-state index contributed by atoms with van der Waals surface area (Å²) in [6.45, 7) is -0.863. The van der Waals surface area contributed by atoms with Crippen molar-refractivity contribution >= 4 is 21.9 Å². The minimum atomic E-state index is -5.07. The van der Waals surface area contributed by atoms with E-state index in [0.29, 0.717) is 12.1 Å². The molecule has 1 fully saturated rings. The second kappa shape index (κ2) is 11.3. The third-order valence-electron chi connectivity index (χ3n) is 6.43. The molecule has 0 spiro atoms. The van der Waals surface area contributed by atoms with E-state index in [4.69, 9.17) is 0 Å². The van der Waals surface area contributed by atoms with Crippen LogP contribution in [-0.2, 0) is 29.2 Å². The lowest BCUT2D eigenvalue weighted by Crippen LogP contribution is -2.32. The molecule has 1 aliphatic rings. The average molecular weight is 608 g/mol. The van der Waals surface area contributed by atoms with Crippen molar-refractivity contribution in [3.63, 3.8) is 0 Å². The van der Waals surface area contributed by atoms with E-state index in [2.05, 4.69) is 20.4 Å². The first-order chi connectivity index (χ1) is 19.0. The van der Waals surface area contributed by atoms with Gasteiger partial charge < -0.3 is 15.0 Å². The Labute approximate surface area is 228 Å². The van der Waals surface area contributed by atoms with E-state index in [9.17, 15) is 49.2 Å². The van der Waals surface area contributed by atoms with Gasteiger partial charge in [-0.2, -0.15) is 31.4 Å². The summed E-state index contributed by atoms with van der Waals surface area (Å²) >= 11 is 0. The van der Waals surface area contributed by atoms with Crippen molar-refractivity contribution < 1.29 is 49.2 Å². The van der Waals surface area contributed by atoms with Crippen LogP contribution in [-0.4, -0.2) is 62.3 Å². The van der Waals surface area contributed by atoms with Gasteiger partial charge in [-0.1, -0.05) is 6.07 Å². The Kier molecular flexibility index (Phi) is 8.40. The molecule has 2 aromatic heterocycles. The molecule has 11 nitrogen and oxygen atoms in total. The molecule has 1 aromatic carbocycles. The van der Waals surface area contributed by atoms with E-state index >= 15 is 0 Å². The summed E-state index contributed by atoms with van der Waals surface area (Å²) in [4.78, 5) is 21.0. The number of hydrogen-bond donors (Lipinski definition) is 3. The van der Waals surface area contributed by atoms with Crippen LogP contribution in [0.3, 0.4) is 0 Å². The van der Waals surface area contributed by atoms with Crippen LogP contribution in [0.1, 0.15) is 45.6 Å². The van der Waals surface area contributed by atoms with Crippen molar-refractivity contribution in [3.05, 3.63) is 70.9 Å². The Bertz CT molecular complexity index is 1530. The number of rotatable bonds is 9. The van der Waals surface area contributed by atoms with Gasteiger partial charge >= 0.3 is 12.4 Å². The normalized spacial score (nSPS) is 19.9. The Balaban J connectivity index is 1.50. The standard InChI is InChI=1S/C23H22F6N6O5S/c24-22(25,26)14-2-1-12(17(6-14)23(27,28)29)10-35-4-3-18(34-35)20(37)16-9-30-11-31-21(16)33-15-5-13(19(36)7-15)8-32-41(38,39)40/h1-4,6,9,11,13,15,19,32,36H,5,7-8,10H2,(H,30,31,33)(H,38,39,40)/p-1/t13-,15-,19+/m1/s1. The third-order valence-corrected chi connectivity index (χ3v) is 6.95. The summed E-state index contributed by atoms with van der Waals surface area (Å²) in [5.41, 5.74) is -3.72. The molecule has 0 bridgehead atoms. The predicted molar refractivity (Wildman–Crippen MR) is 127 cm³/mol. The molecule has 3 N–H and O–H groups in total. The largest absolute Gasteiger partial charge is 0.735 e. The SMILES string of the molecule is O=C(c1ccn(Cc2ccc(C(F)(F)F)cc2C(F)(F)F)n1)c1cncnc1N[C@@H]1C[C@H](CNS(=O)(=O)[O-])[C@@H](O)C1. The van der Waals surface area contributed by atoms with Gasteiger partial charge in [-0.15, -0.1) is 0 Å². The van der Waals surface area contributed by atoms with E-state index in [1.54, 1.807) is 4.72 Å². The summed E-state index contributed by atoms with van der Waals surface area (Å²) < 4.78 is 115. The van der Waals surface area contributed by atoms with Crippen LogP contribution >= 0.6 is 0 Å². The van der Waals surface area contributed by atoms with Crippen molar-refractivity contribution in [2.75, 3.05) is 11.9 Å². The molecule has 0 unspecified atom stereocenters. The fraction of sp³-hybridized carbons (Fsp3) is 0.391. The molecule has 0 radical (unpaired) electrons. The summed E-state index contributed by atoms with van der Waals surface area (Å²) in [6, 6.07) is 1.99. The number of hydrogen-bond acceptors (Lipinski definition) is 9. The molecule has 1 aliphatic carbocycles. The fourth-order valence-corrected chi connectivity index (χ4v) is 4.91. The number of nitrogens with zero attached hydrogens (tertiary/aromatic N) is 4. The number of aromatic nitrogens is 4. The molecule has 3 aromatic rings. The van der Waals surface area contributed by atoms with Gasteiger partial charge in [-0.05, 0) is 36.6 Å². The molecule has 18 heteroatoms. The average Bonchev–Trinajstić information content (AvgIpc) is 3.47. The monoisotopic (exact) mass is 607 g/mol. The van der Waals surface area contributed by atoms with Crippen LogP contribution < -0.4 is 10.0 Å². The van der Waals surface area contributed by atoms with E-state index in [1.807, 2.05) is 0 Å². The molecular formula is C23H21F6N6O5S-. The maximum absolute atomic E-state index is 13.5. The highest BCUT2D eigenvalue weighted by Crippen LogP contribution is 2.37. The number of nitrogens with one attached hydrogen (secondary N) is 2. The van der Waals surface area contributed by atoms with E-state index < -0.39 is 69.7 Å². The number of benzene rings is 1. The first-order valence-electron chi connectivity index (χ1n) is 11.8. The Morgan fingerprint density at radius 1 is 1.12 bits per heavy atom. The Hall–Kier alpha value is -3.61. The maximum atomic E-state index is 13.5. The van der Waals surface area contributed by atoms with Gasteiger partial charge in [0.1, 0.15) is 17.8 Å². The molecule has 3 atom stereocenters. The zero-order valence-corrected chi connectivity index (χ0v) is 21.5. The van der Waals surface area contributed by atoms with Gasteiger partial charge in [0.25, 0.3) is 0 Å². The quantitative estimate of drug-likeness (QED) is 0.189. The number of anilines is 1. The molecule has 2 heterocycles. The number of ketones is 1. The lowest BCUT2D eigenvalue weighted by atomic mass is 10.0. The van der Waals surface area contributed by atoms with Crippen molar-refractivity contribution in [2.24, 2.45) is 5.92 Å². The van der Waals surface area contributed by atoms with Gasteiger partial charge in [0.15, 0.2) is 10.3 Å². The second-order valence-corrected chi connectivity index (χ2v) is 10.5. The summed E-state index contributed by atoms with van der Waals surface area (Å²) in [5.74, 6) is -1.26. The first kappa shape index (κ1) is 30.4. The van der Waals surface area contributed by atoms with E-state index in [1.165, 1.54) is 18.5 Å². The van der Waals surface area contributed by atoms with E-state index in [-0.39, 0.29) is 42.5 Å². The summed E-state index contributed by atoms with van der Waals surface area (Å²) in [7, 11) is -4.70. The van der Waals surface area contributed by atoms with Crippen molar-refractivity contribution in [2.45, 2.75) is 43.9 Å². The number of halogens is 6. The number of alkyl halides is 6. The minimum absolute atomic E-state index is 0.0182. The molecular weight excluding hydrogens is 586 g/mol. The Morgan fingerprint density at radius 2 is 1.85 bits per heavy atom. The highest BCUT2D eigenvalue weighted by molar-refractivity contribution is 7.83. The van der Waals surface area contributed by atoms with Crippen LogP contribution in [0.2, 0.25) is 0 Å². The first-order valence-corrected chi connectivity index (χ1v) is 13.2. The smallest absolute Gasteiger partial charge is 0.416 e. The van der Waals surface area contributed by atoms with Crippen LogP contribution in [0.4, 0.5) is 32.2 Å². The fourth-order valence-electron chi connectivity index (χ4n) is 4.49. The molecule has 0 aliphatic heterocycles. The van der Waals surface area contributed by atoms with Crippen LogP contribution in [0.5, 0.6) is 0 Å². The van der Waals surface area contributed by atoms with Gasteiger partial charge in [-0.3, -0.25) is 9.48 Å². The van der Waals surface area contributed by atoms with Crippen molar-refractivity contribution in [1.29, 1.82) is 0 Å². The topological polar surface area (TPSA) is 162 Å². The second-order valence-electron chi connectivity index (χ2n) is 9.32. The van der Waals surface area contributed by atoms with Gasteiger partial charge in [-0.25, -0.2) is 23.1 Å². The maximum Gasteiger partial charge on any atom is 0.416 e. The molecule has 222 valence electrons. The highest BCUT2D eigenvalue weighted by atomic mass is 32.2. The van der Waals surface area contributed by atoms with Crippen LogP contribution in [0.15, 0.2) is 43.0 Å². The van der Waals surface area contributed by atoms with Crippen molar-refractivity contribution in [1.82, 2.24) is 24.5 Å². The van der Waals surface area contributed by atoms with E-state index in [0.717, 1.165) is 11.0 Å². The van der Waals surface area contributed by atoms with Gasteiger partial charge in [0.05, 0.1) is 29.3 Å². The Morgan fingerprint density at radius 3 is 2.51 bits per heavy atom. The lowest BCUT2D eigenvalue weighted by Gasteiger charge is -2.17. The highest BCUT2D eigenvalue weighted by Gasteiger charge is 2.38. The lowest BCUT2D eigenvalue weighted by molar-refractivity contribution is -0.143. The summed E-state index contributed by atoms with van der Waals surface area (Å²) in [6.07, 6.45) is -7.13. The predicted octanol–water partition coefficient (Wildman–Crippen LogP) is 2.59.